The SMILES string of the molecule is O=C(NC1Cc2ccccc2C1C(=O)O)c1c(F)ccc2[nH]ncc12. The first kappa shape index (κ1) is 15.3. The minimum Gasteiger partial charge on any atom is -0.481 e. The zero-order chi connectivity index (χ0) is 17.6. The Balaban J connectivity index is 1.68. The molecular weight excluding hydrogens is 325 g/mol. The highest BCUT2D eigenvalue weighted by molar-refractivity contribution is 6.06. The number of amides is 1. The molecule has 4 rings (SSSR count). The van der Waals surface area contributed by atoms with E-state index in [0.29, 0.717) is 22.9 Å². The van der Waals surface area contributed by atoms with Gasteiger partial charge in [0, 0.05) is 5.39 Å². The molecule has 0 saturated carbocycles. The van der Waals surface area contributed by atoms with Crippen LogP contribution < -0.4 is 5.32 Å². The van der Waals surface area contributed by atoms with Gasteiger partial charge in [-0.1, -0.05) is 24.3 Å². The summed E-state index contributed by atoms with van der Waals surface area (Å²) in [5.41, 5.74) is 1.96. The van der Waals surface area contributed by atoms with Crippen LogP contribution in [0.25, 0.3) is 10.9 Å². The number of carbonyl (C=O) groups excluding carboxylic acids is 1. The van der Waals surface area contributed by atoms with Crippen LogP contribution in [-0.2, 0) is 11.2 Å². The molecule has 1 aliphatic rings. The fourth-order valence-electron chi connectivity index (χ4n) is 3.50. The fraction of sp³-hybridized carbons (Fsp3) is 0.167. The van der Waals surface area contributed by atoms with Gasteiger partial charge < -0.3 is 10.4 Å². The minimum atomic E-state index is -1.02. The molecule has 7 heteroatoms. The molecule has 0 spiro atoms. The van der Waals surface area contributed by atoms with E-state index < -0.39 is 29.7 Å². The maximum Gasteiger partial charge on any atom is 0.313 e. The first-order chi connectivity index (χ1) is 12.1. The Morgan fingerprint density at radius 1 is 1.24 bits per heavy atom. The van der Waals surface area contributed by atoms with Crippen molar-refractivity contribution in [3.8, 4) is 0 Å². The molecule has 2 unspecified atom stereocenters. The predicted octanol–water partition coefficient (Wildman–Crippen LogP) is 2.22. The Bertz CT molecular complexity index is 998. The summed E-state index contributed by atoms with van der Waals surface area (Å²) in [4.78, 5) is 24.4. The first-order valence-electron chi connectivity index (χ1n) is 7.79. The van der Waals surface area contributed by atoms with Gasteiger partial charge in [0.05, 0.1) is 23.3 Å². The molecule has 3 N–H and O–H groups in total. The van der Waals surface area contributed by atoms with Crippen molar-refractivity contribution >= 4 is 22.8 Å². The van der Waals surface area contributed by atoms with Crippen molar-refractivity contribution in [3.63, 3.8) is 0 Å². The van der Waals surface area contributed by atoms with E-state index in [0.717, 1.165) is 5.56 Å². The second-order valence-electron chi connectivity index (χ2n) is 6.05. The van der Waals surface area contributed by atoms with Gasteiger partial charge in [0.15, 0.2) is 0 Å². The summed E-state index contributed by atoms with van der Waals surface area (Å²) in [6.07, 6.45) is 1.77. The fourth-order valence-corrected chi connectivity index (χ4v) is 3.50. The van der Waals surface area contributed by atoms with Crippen LogP contribution >= 0.6 is 0 Å². The number of aromatic nitrogens is 2. The number of fused-ring (bicyclic) bond motifs is 2. The molecular formula is C18H14FN3O3. The molecule has 1 aromatic heterocycles. The van der Waals surface area contributed by atoms with Gasteiger partial charge in [-0.15, -0.1) is 0 Å². The molecule has 0 radical (unpaired) electrons. The Morgan fingerprint density at radius 3 is 2.84 bits per heavy atom. The van der Waals surface area contributed by atoms with Crippen molar-refractivity contribution in [1.82, 2.24) is 15.5 Å². The van der Waals surface area contributed by atoms with Crippen molar-refractivity contribution in [1.29, 1.82) is 0 Å². The number of hydrogen-bond acceptors (Lipinski definition) is 3. The Kier molecular flexibility index (Phi) is 3.49. The number of H-pyrrole nitrogens is 1. The number of aromatic amines is 1. The summed E-state index contributed by atoms with van der Waals surface area (Å²) in [7, 11) is 0. The maximum absolute atomic E-state index is 14.2. The van der Waals surface area contributed by atoms with Crippen LogP contribution in [0.3, 0.4) is 0 Å². The highest BCUT2D eigenvalue weighted by Gasteiger charge is 2.38. The first-order valence-corrected chi connectivity index (χ1v) is 7.79. The van der Waals surface area contributed by atoms with Crippen LogP contribution in [0.15, 0.2) is 42.6 Å². The molecule has 0 aliphatic heterocycles. The summed E-state index contributed by atoms with van der Waals surface area (Å²) in [5.74, 6) is -3.19. The van der Waals surface area contributed by atoms with E-state index in [1.165, 1.54) is 18.3 Å². The van der Waals surface area contributed by atoms with Gasteiger partial charge in [-0.2, -0.15) is 5.10 Å². The molecule has 2 atom stereocenters. The third-order valence-electron chi connectivity index (χ3n) is 4.62. The lowest BCUT2D eigenvalue weighted by Crippen LogP contribution is -2.40. The number of carboxylic acid groups (broad SMARTS) is 1. The van der Waals surface area contributed by atoms with Gasteiger partial charge in [0.1, 0.15) is 11.7 Å². The van der Waals surface area contributed by atoms with Crippen LogP contribution in [0.2, 0.25) is 0 Å². The average Bonchev–Trinajstić information content (AvgIpc) is 3.17. The van der Waals surface area contributed by atoms with Gasteiger partial charge in [-0.25, -0.2) is 4.39 Å². The van der Waals surface area contributed by atoms with E-state index in [4.69, 9.17) is 0 Å². The number of nitrogens with zero attached hydrogens (tertiary/aromatic N) is 1. The van der Waals surface area contributed by atoms with Crippen LogP contribution in [0.5, 0.6) is 0 Å². The average molecular weight is 339 g/mol. The lowest BCUT2D eigenvalue weighted by atomic mass is 9.98. The molecule has 3 aromatic rings. The highest BCUT2D eigenvalue weighted by atomic mass is 19.1. The third-order valence-corrected chi connectivity index (χ3v) is 4.62. The highest BCUT2D eigenvalue weighted by Crippen LogP contribution is 2.34. The minimum absolute atomic E-state index is 0.133. The number of rotatable bonds is 3. The van der Waals surface area contributed by atoms with E-state index in [9.17, 15) is 19.1 Å². The molecule has 6 nitrogen and oxygen atoms in total. The van der Waals surface area contributed by atoms with Crippen LogP contribution in [0, 0.1) is 5.82 Å². The number of benzene rings is 2. The summed E-state index contributed by atoms with van der Waals surface area (Å²) in [5, 5.41) is 19.1. The molecule has 0 fully saturated rings. The Labute approximate surface area is 141 Å². The van der Waals surface area contributed by atoms with Gasteiger partial charge in [0.25, 0.3) is 5.91 Å². The second kappa shape index (κ2) is 5.70. The Hall–Kier alpha value is -3.22. The van der Waals surface area contributed by atoms with Crippen LogP contribution in [0.1, 0.15) is 27.4 Å². The number of nitrogens with one attached hydrogen (secondary N) is 2. The molecule has 0 bridgehead atoms. The summed E-state index contributed by atoms with van der Waals surface area (Å²) < 4.78 is 14.2. The zero-order valence-corrected chi connectivity index (χ0v) is 13.0. The predicted molar refractivity (Wildman–Crippen MR) is 87.8 cm³/mol. The van der Waals surface area contributed by atoms with Crippen molar-refractivity contribution in [2.45, 2.75) is 18.4 Å². The van der Waals surface area contributed by atoms with Gasteiger partial charge in [-0.3, -0.25) is 14.7 Å². The number of halogens is 1. The molecule has 126 valence electrons. The van der Waals surface area contributed by atoms with Crippen molar-refractivity contribution < 1.29 is 19.1 Å². The van der Waals surface area contributed by atoms with E-state index in [-0.39, 0.29) is 5.56 Å². The molecule has 1 heterocycles. The Morgan fingerprint density at radius 2 is 2.04 bits per heavy atom. The topological polar surface area (TPSA) is 95.1 Å². The van der Waals surface area contributed by atoms with E-state index in [1.807, 2.05) is 12.1 Å². The number of carbonyl (C=O) groups is 2. The lowest BCUT2D eigenvalue weighted by molar-refractivity contribution is -0.139. The number of aliphatic carboxylic acids is 1. The van der Waals surface area contributed by atoms with Gasteiger partial charge in [0.2, 0.25) is 0 Å². The van der Waals surface area contributed by atoms with E-state index in [1.54, 1.807) is 12.1 Å². The zero-order valence-electron chi connectivity index (χ0n) is 13.0. The van der Waals surface area contributed by atoms with E-state index in [2.05, 4.69) is 15.5 Å². The monoisotopic (exact) mass is 339 g/mol. The van der Waals surface area contributed by atoms with Crippen LogP contribution in [0.4, 0.5) is 4.39 Å². The summed E-state index contributed by atoms with van der Waals surface area (Å²) in [6.45, 7) is 0. The third kappa shape index (κ3) is 2.44. The smallest absolute Gasteiger partial charge is 0.313 e. The molecule has 2 aromatic carbocycles. The quantitative estimate of drug-likeness (QED) is 0.682. The second-order valence-corrected chi connectivity index (χ2v) is 6.05. The van der Waals surface area contributed by atoms with Gasteiger partial charge >= 0.3 is 5.97 Å². The van der Waals surface area contributed by atoms with Gasteiger partial charge in [-0.05, 0) is 29.7 Å². The standard InChI is InChI=1S/C18H14FN3O3/c19-12-5-6-13-11(8-20-22-13)15(12)17(23)21-14-7-9-3-1-2-4-10(9)16(14)18(24)25/h1-6,8,14,16H,7H2,(H,20,22)(H,21,23)(H,24,25). The normalized spacial score (nSPS) is 18.9. The largest absolute Gasteiger partial charge is 0.481 e. The van der Waals surface area contributed by atoms with Crippen molar-refractivity contribution in [2.24, 2.45) is 0 Å². The molecule has 0 saturated heterocycles. The summed E-state index contributed by atoms with van der Waals surface area (Å²) in [6, 6.07) is 9.24. The molecule has 1 aliphatic carbocycles. The molecule has 1 amide bonds. The van der Waals surface area contributed by atoms with Crippen LogP contribution in [-0.4, -0.2) is 33.2 Å². The maximum atomic E-state index is 14.2. The number of carboxylic acids is 1. The molecule has 25 heavy (non-hydrogen) atoms. The van der Waals surface area contributed by atoms with Crippen molar-refractivity contribution in [3.05, 3.63) is 65.1 Å². The van der Waals surface area contributed by atoms with E-state index >= 15 is 0 Å². The van der Waals surface area contributed by atoms with Crippen molar-refractivity contribution in [2.75, 3.05) is 0 Å². The lowest BCUT2D eigenvalue weighted by Gasteiger charge is -2.18. The summed E-state index contributed by atoms with van der Waals surface area (Å²) >= 11 is 0. The number of hydrogen-bond donors (Lipinski definition) is 3.